The monoisotopic (exact) mass is 504 g/mol. The fourth-order valence-corrected chi connectivity index (χ4v) is 5.52. The predicted octanol–water partition coefficient (Wildman–Crippen LogP) is 3.96. The van der Waals surface area contributed by atoms with E-state index in [4.69, 9.17) is 21.3 Å². The van der Waals surface area contributed by atoms with Crippen LogP contribution in [0.4, 0.5) is 11.4 Å². The molecule has 2 aliphatic rings. The maximum Gasteiger partial charge on any atom is 0.255 e. The summed E-state index contributed by atoms with van der Waals surface area (Å²) in [5, 5.41) is 19.6. The number of carbonyl (C=O) groups excluding carboxylic acids is 2. The lowest BCUT2D eigenvalue weighted by molar-refractivity contribution is -0.138. The minimum absolute atomic E-state index is 0.0510. The number of nitrogens with one attached hydrogen (secondary N) is 3. The number of hydrogen-bond donors (Lipinski definition) is 4. The summed E-state index contributed by atoms with van der Waals surface area (Å²) in [6.45, 7) is 4.28. The van der Waals surface area contributed by atoms with E-state index in [0.717, 1.165) is 24.8 Å². The van der Waals surface area contributed by atoms with Crippen molar-refractivity contribution in [3.05, 3.63) is 53.6 Å². The Morgan fingerprint density at radius 1 is 1.22 bits per heavy atom. The Morgan fingerprint density at radius 3 is 2.68 bits per heavy atom. The number of hydrogen-bond acceptors (Lipinski definition) is 6. The molecule has 1 aliphatic carbocycles. The number of anilines is 2. The third kappa shape index (κ3) is 5.16. The number of likely N-dealkylation sites (N-methyl/N-ethyl adjacent to an activating group) is 1. The second-order valence-electron chi connectivity index (χ2n) is 10.6. The standard InChI is InChI=1S/C28H36N6O3/c1-28(2)16-34(25(31)23(15-29)33(3)27(28)36)21-10-8-18(13-21)17-6-5-7-20(12-17)32-26(35)19-9-11-22(30)24(14-19)37-4/h5-7,9,11-12,14-15,18,21,23,29,31H,8,10,13,16,30H2,1-4H3,(H,32,35). The van der Waals surface area contributed by atoms with E-state index in [1.165, 1.54) is 18.2 Å². The second-order valence-corrected chi connectivity index (χ2v) is 10.6. The zero-order valence-electron chi connectivity index (χ0n) is 21.9. The third-order valence-electron chi connectivity index (χ3n) is 7.59. The molecule has 9 heteroatoms. The van der Waals surface area contributed by atoms with Crippen molar-refractivity contribution >= 4 is 35.2 Å². The van der Waals surface area contributed by atoms with Gasteiger partial charge in [-0.15, -0.1) is 0 Å². The van der Waals surface area contributed by atoms with Gasteiger partial charge in [0.25, 0.3) is 5.91 Å². The first-order valence-electron chi connectivity index (χ1n) is 12.5. The highest BCUT2D eigenvalue weighted by molar-refractivity contribution is 6.05. The van der Waals surface area contributed by atoms with Crippen LogP contribution in [0.3, 0.4) is 0 Å². The molecule has 2 fully saturated rings. The molecule has 37 heavy (non-hydrogen) atoms. The van der Waals surface area contributed by atoms with Crippen LogP contribution >= 0.6 is 0 Å². The average molecular weight is 505 g/mol. The molecule has 0 aromatic heterocycles. The normalized spacial score (nSPS) is 23.5. The average Bonchev–Trinajstić information content (AvgIpc) is 3.35. The molecule has 196 valence electrons. The summed E-state index contributed by atoms with van der Waals surface area (Å²) in [6, 6.07) is 12.3. The Morgan fingerprint density at radius 2 is 1.97 bits per heavy atom. The maximum absolute atomic E-state index is 13.0. The van der Waals surface area contributed by atoms with E-state index in [1.54, 1.807) is 25.2 Å². The highest BCUT2D eigenvalue weighted by Crippen LogP contribution is 2.40. The molecule has 9 nitrogen and oxygen atoms in total. The van der Waals surface area contributed by atoms with Gasteiger partial charge in [0.1, 0.15) is 17.6 Å². The number of benzene rings is 2. The van der Waals surface area contributed by atoms with Crippen molar-refractivity contribution in [2.75, 3.05) is 31.8 Å². The largest absolute Gasteiger partial charge is 0.495 e. The summed E-state index contributed by atoms with van der Waals surface area (Å²) < 4.78 is 5.23. The molecule has 5 N–H and O–H groups in total. The Hall–Kier alpha value is -3.88. The lowest BCUT2D eigenvalue weighted by Crippen LogP contribution is -2.48. The van der Waals surface area contributed by atoms with Crippen LogP contribution in [-0.2, 0) is 4.79 Å². The molecule has 1 aliphatic heterocycles. The van der Waals surface area contributed by atoms with E-state index in [2.05, 4.69) is 11.4 Å². The molecular formula is C28H36N6O3. The first kappa shape index (κ1) is 26.2. The summed E-state index contributed by atoms with van der Waals surface area (Å²) in [4.78, 5) is 29.4. The Balaban J connectivity index is 1.49. The van der Waals surface area contributed by atoms with Gasteiger partial charge >= 0.3 is 0 Å². The lowest BCUT2D eigenvalue weighted by Gasteiger charge is -2.35. The van der Waals surface area contributed by atoms with E-state index >= 15 is 0 Å². The first-order chi connectivity index (χ1) is 17.6. The minimum atomic E-state index is -0.654. The highest BCUT2D eigenvalue weighted by atomic mass is 16.5. The second kappa shape index (κ2) is 10.2. The summed E-state index contributed by atoms with van der Waals surface area (Å²) >= 11 is 0. The maximum atomic E-state index is 13.0. The number of carbonyl (C=O) groups is 2. The number of amidine groups is 1. The number of nitrogens with two attached hydrogens (primary N) is 1. The molecule has 4 rings (SSSR count). The van der Waals surface area contributed by atoms with E-state index in [1.807, 2.05) is 36.9 Å². The number of amides is 2. The van der Waals surface area contributed by atoms with Crippen LogP contribution in [0, 0.1) is 16.2 Å². The number of nitrogen functional groups attached to an aromatic ring is 1. The molecule has 2 aromatic carbocycles. The molecule has 2 amide bonds. The van der Waals surface area contributed by atoms with Gasteiger partial charge in [-0.25, -0.2) is 0 Å². The van der Waals surface area contributed by atoms with Crippen LogP contribution in [0.15, 0.2) is 42.5 Å². The Kier molecular flexibility index (Phi) is 7.25. The Labute approximate surface area is 218 Å². The zero-order chi connectivity index (χ0) is 26.9. The van der Waals surface area contributed by atoms with Crippen molar-refractivity contribution in [2.24, 2.45) is 5.41 Å². The van der Waals surface area contributed by atoms with Gasteiger partial charge < -0.3 is 31.0 Å². The zero-order valence-corrected chi connectivity index (χ0v) is 21.9. The van der Waals surface area contributed by atoms with E-state index < -0.39 is 11.5 Å². The molecule has 3 unspecified atom stereocenters. The summed E-state index contributed by atoms with van der Waals surface area (Å²) in [6.07, 6.45) is 3.87. The third-order valence-corrected chi connectivity index (χ3v) is 7.59. The van der Waals surface area contributed by atoms with Gasteiger partial charge in [-0.2, -0.15) is 0 Å². The van der Waals surface area contributed by atoms with Crippen molar-refractivity contribution in [1.82, 2.24) is 9.80 Å². The lowest BCUT2D eigenvalue weighted by atomic mass is 9.90. The Bertz CT molecular complexity index is 1230. The molecule has 1 heterocycles. The van der Waals surface area contributed by atoms with Crippen LogP contribution in [0.25, 0.3) is 0 Å². The van der Waals surface area contributed by atoms with Gasteiger partial charge in [0.05, 0.1) is 18.2 Å². The number of methoxy groups -OCH3 is 1. The number of rotatable bonds is 6. The molecular weight excluding hydrogens is 468 g/mol. The van der Waals surface area contributed by atoms with Crippen LogP contribution < -0.4 is 15.8 Å². The van der Waals surface area contributed by atoms with Crippen molar-refractivity contribution in [2.45, 2.75) is 51.1 Å². The molecule has 1 saturated carbocycles. The highest BCUT2D eigenvalue weighted by Gasteiger charge is 2.44. The van der Waals surface area contributed by atoms with Gasteiger partial charge in [-0.05, 0) is 74.9 Å². The van der Waals surface area contributed by atoms with Crippen LogP contribution in [-0.4, -0.2) is 66.5 Å². The van der Waals surface area contributed by atoms with Crippen molar-refractivity contribution < 1.29 is 14.3 Å². The molecule has 0 bridgehead atoms. The molecule has 3 atom stereocenters. The molecule has 0 spiro atoms. The first-order valence-corrected chi connectivity index (χ1v) is 12.5. The summed E-state index contributed by atoms with van der Waals surface area (Å²) in [5.41, 5.74) is 7.99. The van der Waals surface area contributed by atoms with Crippen LogP contribution in [0.2, 0.25) is 0 Å². The smallest absolute Gasteiger partial charge is 0.255 e. The fraction of sp³-hybridized carbons (Fsp3) is 0.429. The van der Waals surface area contributed by atoms with Gasteiger partial charge in [0, 0.05) is 37.1 Å². The molecule has 0 radical (unpaired) electrons. The molecule has 2 aromatic rings. The van der Waals surface area contributed by atoms with Gasteiger partial charge in [0.2, 0.25) is 5.91 Å². The number of ether oxygens (including phenoxy) is 1. The van der Waals surface area contributed by atoms with Crippen molar-refractivity contribution in [3.8, 4) is 5.75 Å². The van der Waals surface area contributed by atoms with Crippen LogP contribution in [0.1, 0.15) is 54.9 Å². The van der Waals surface area contributed by atoms with Crippen LogP contribution in [0.5, 0.6) is 5.75 Å². The topological polar surface area (TPSA) is 136 Å². The van der Waals surface area contributed by atoms with E-state index in [-0.39, 0.29) is 23.8 Å². The van der Waals surface area contributed by atoms with E-state index in [0.29, 0.717) is 35.1 Å². The van der Waals surface area contributed by atoms with E-state index in [9.17, 15) is 9.59 Å². The summed E-state index contributed by atoms with van der Waals surface area (Å²) in [7, 11) is 3.19. The SMILES string of the molecule is COc1cc(C(=O)Nc2cccc(C3CCC(N4CC(C)(C)C(=O)N(C)C(C=N)C4=N)C3)c2)ccc1N. The fourth-order valence-electron chi connectivity index (χ4n) is 5.52. The van der Waals surface area contributed by atoms with Gasteiger partial charge in [-0.3, -0.25) is 15.0 Å². The quantitative estimate of drug-likeness (QED) is 0.349. The van der Waals surface area contributed by atoms with Gasteiger partial charge in [0.15, 0.2) is 0 Å². The molecule has 1 saturated heterocycles. The van der Waals surface area contributed by atoms with Crippen molar-refractivity contribution in [1.29, 1.82) is 10.8 Å². The van der Waals surface area contributed by atoms with Crippen molar-refractivity contribution in [3.63, 3.8) is 0 Å². The minimum Gasteiger partial charge on any atom is -0.495 e. The van der Waals surface area contributed by atoms with Gasteiger partial charge in [-0.1, -0.05) is 12.1 Å². The predicted molar refractivity (Wildman–Crippen MR) is 146 cm³/mol. The number of nitrogens with zero attached hydrogens (tertiary/aromatic N) is 2. The summed E-state index contributed by atoms with van der Waals surface area (Å²) in [5.74, 6) is 0.738.